The number of nitrogens with one attached hydrogen (secondary N) is 2. The molecule has 0 aliphatic rings. The van der Waals surface area contributed by atoms with Crippen molar-refractivity contribution in [2.24, 2.45) is 5.73 Å². The number of carbonyl (C=O) groups excluding carboxylic acids is 2. The van der Waals surface area contributed by atoms with Gasteiger partial charge in [-0.1, -0.05) is 18.2 Å². The van der Waals surface area contributed by atoms with Crippen LogP contribution in [0, 0.1) is 5.41 Å². The summed E-state index contributed by atoms with van der Waals surface area (Å²) in [5, 5.41) is 11.5. The van der Waals surface area contributed by atoms with Crippen molar-refractivity contribution in [2.45, 2.75) is 18.9 Å². The summed E-state index contributed by atoms with van der Waals surface area (Å²) in [6.07, 6.45) is 2.22. The van der Waals surface area contributed by atoms with Crippen molar-refractivity contribution < 1.29 is 9.59 Å². The number of rotatable bonds is 7. The van der Waals surface area contributed by atoms with E-state index in [0.717, 1.165) is 20.5 Å². The predicted molar refractivity (Wildman–Crippen MR) is 111 cm³/mol. The first-order chi connectivity index (χ1) is 13.0. The summed E-state index contributed by atoms with van der Waals surface area (Å²) in [6, 6.07) is 12.9. The molecule has 1 heterocycles. The van der Waals surface area contributed by atoms with Crippen LogP contribution in [-0.2, 0) is 9.59 Å². The van der Waals surface area contributed by atoms with E-state index in [1.165, 1.54) is 6.21 Å². The average Bonchev–Trinajstić information content (AvgIpc) is 3.11. The van der Waals surface area contributed by atoms with Crippen LogP contribution in [0.4, 0.5) is 11.4 Å². The van der Waals surface area contributed by atoms with Gasteiger partial charge in [-0.15, -0.1) is 11.3 Å². The molecule has 6 N–H and O–H groups in total. The molecule has 27 heavy (non-hydrogen) atoms. The van der Waals surface area contributed by atoms with E-state index in [1.807, 2.05) is 36.4 Å². The van der Waals surface area contributed by atoms with E-state index in [0.29, 0.717) is 23.2 Å². The van der Waals surface area contributed by atoms with Gasteiger partial charge >= 0.3 is 0 Å². The Morgan fingerprint density at radius 2 is 2.04 bits per heavy atom. The van der Waals surface area contributed by atoms with Gasteiger partial charge in [-0.3, -0.25) is 4.79 Å². The Kier molecular flexibility index (Phi) is 5.63. The number of hydrogen-bond donors (Lipinski definition) is 4. The van der Waals surface area contributed by atoms with Crippen molar-refractivity contribution in [3.05, 3.63) is 48.0 Å². The zero-order chi connectivity index (χ0) is 19.4. The molecular weight excluding hydrogens is 360 g/mol. The molecule has 0 saturated heterocycles. The van der Waals surface area contributed by atoms with Crippen LogP contribution in [0.2, 0.25) is 0 Å². The molecule has 3 rings (SSSR count). The summed E-state index contributed by atoms with van der Waals surface area (Å²) < 4.78 is 1.14. The lowest BCUT2D eigenvalue weighted by molar-refractivity contribution is -0.116. The monoisotopic (exact) mass is 380 g/mol. The second-order valence-corrected chi connectivity index (χ2v) is 7.29. The highest BCUT2D eigenvalue weighted by Gasteiger charge is 2.14. The number of anilines is 2. The molecule has 1 amide bonds. The van der Waals surface area contributed by atoms with Crippen molar-refractivity contribution in [1.29, 1.82) is 5.41 Å². The van der Waals surface area contributed by atoms with Gasteiger partial charge in [-0.2, -0.15) is 0 Å². The fourth-order valence-corrected chi connectivity index (χ4v) is 3.87. The molecule has 0 saturated carbocycles. The van der Waals surface area contributed by atoms with Gasteiger partial charge in [0.15, 0.2) is 0 Å². The molecule has 0 aliphatic heterocycles. The molecule has 0 spiro atoms. The average molecular weight is 380 g/mol. The second-order valence-electron chi connectivity index (χ2n) is 6.21. The van der Waals surface area contributed by atoms with E-state index in [4.69, 9.17) is 16.9 Å². The first-order valence-electron chi connectivity index (χ1n) is 8.45. The smallest absolute Gasteiger partial charge is 0.224 e. The SMILES string of the molecule is N=Cc1cc(NC(=O)CC[C@@H](N)C=O)cc(-c2cc3ccccc3s2)c1N. The topological polar surface area (TPSA) is 122 Å². The minimum absolute atomic E-state index is 0.141. The Morgan fingerprint density at radius 3 is 2.74 bits per heavy atom. The maximum atomic E-state index is 12.1. The second kappa shape index (κ2) is 8.11. The molecule has 0 aliphatic carbocycles. The summed E-state index contributed by atoms with van der Waals surface area (Å²) >= 11 is 1.61. The van der Waals surface area contributed by atoms with E-state index >= 15 is 0 Å². The van der Waals surface area contributed by atoms with Crippen molar-refractivity contribution in [3.8, 4) is 10.4 Å². The Bertz CT molecular complexity index is 979. The van der Waals surface area contributed by atoms with Crippen LogP contribution in [0.3, 0.4) is 0 Å². The summed E-state index contributed by atoms with van der Waals surface area (Å²) in [7, 11) is 0. The molecule has 1 aromatic heterocycles. The van der Waals surface area contributed by atoms with Gasteiger partial charge in [0.2, 0.25) is 5.91 Å². The first-order valence-corrected chi connectivity index (χ1v) is 9.27. The van der Waals surface area contributed by atoms with Crippen LogP contribution >= 0.6 is 11.3 Å². The Hall–Kier alpha value is -3.03. The molecule has 138 valence electrons. The van der Waals surface area contributed by atoms with Crippen LogP contribution in [0.25, 0.3) is 20.5 Å². The first kappa shape index (κ1) is 18.8. The zero-order valence-corrected chi connectivity index (χ0v) is 15.4. The highest BCUT2D eigenvalue weighted by atomic mass is 32.1. The normalized spacial score (nSPS) is 11.9. The van der Waals surface area contributed by atoms with E-state index < -0.39 is 6.04 Å². The number of fused-ring (bicyclic) bond motifs is 1. The minimum atomic E-state index is -0.645. The maximum absolute atomic E-state index is 12.1. The van der Waals surface area contributed by atoms with Gasteiger partial charge in [0, 0.05) is 44.7 Å². The van der Waals surface area contributed by atoms with Crippen LogP contribution in [0.5, 0.6) is 0 Å². The van der Waals surface area contributed by atoms with Gasteiger partial charge < -0.3 is 27.0 Å². The van der Waals surface area contributed by atoms with E-state index in [9.17, 15) is 9.59 Å². The number of nitrogens with two attached hydrogens (primary N) is 2. The van der Waals surface area contributed by atoms with Crippen LogP contribution in [0.1, 0.15) is 18.4 Å². The summed E-state index contributed by atoms with van der Waals surface area (Å²) in [5.74, 6) is -0.240. The lowest BCUT2D eigenvalue weighted by atomic mass is 10.0. The molecule has 0 unspecified atom stereocenters. The van der Waals surface area contributed by atoms with Crippen molar-refractivity contribution in [2.75, 3.05) is 11.1 Å². The number of carbonyl (C=O) groups is 2. The number of thiophene rings is 1. The molecular formula is C20H20N4O2S. The zero-order valence-electron chi connectivity index (χ0n) is 14.6. The third-order valence-electron chi connectivity index (χ3n) is 4.22. The van der Waals surface area contributed by atoms with Crippen LogP contribution < -0.4 is 16.8 Å². The summed E-state index contributed by atoms with van der Waals surface area (Å²) in [5.41, 5.74) is 14.1. The molecule has 7 heteroatoms. The highest BCUT2D eigenvalue weighted by Crippen LogP contribution is 2.38. The number of aldehydes is 1. The predicted octanol–water partition coefficient (Wildman–Crippen LogP) is 3.39. The minimum Gasteiger partial charge on any atom is -0.398 e. The third kappa shape index (κ3) is 4.21. The lowest BCUT2D eigenvalue weighted by Crippen LogP contribution is -2.24. The van der Waals surface area contributed by atoms with E-state index in [1.54, 1.807) is 17.4 Å². The van der Waals surface area contributed by atoms with Gasteiger partial charge in [0.05, 0.1) is 6.04 Å². The van der Waals surface area contributed by atoms with Gasteiger partial charge in [0.1, 0.15) is 6.29 Å². The Labute approximate surface area is 160 Å². The number of nitrogen functional groups attached to an aromatic ring is 1. The lowest BCUT2D eigenvalue weighted by Gasteiger charge is -2.12. The van der Waals surface area contributed by atoms with Crippen molar-refractivity contribution >= 4 is 51.2 Å². The molecule has 6 nitrogen and oxygen atoms in total. The molecule has 0 radical (unpaired) electrons. The molecule has 1 atom stereocenters. The Morgan fingerprint density at radius 1 is 1.26 bits per heavy atom. The quantitative estimate of drug-likeness (QED) is 0.285. The number of benzene rings is 2. The summed E-state index contributed by atoms with van der Waals surface area (Å²) in [6.45, 7) is 0. The Balaban J connectivity index is 1.92. The largest absolute Gasteiger partial charge is 0.398 e. The molecule has 2 aromatic carbocycles. The van der Waals surface area contributed by atoms with Gasteiger partial charge in [-0.05, 0) is 36.1 Å². The van der Waals surface area contributed by atoms with E-state index in [2.05, 4.69) is 5.32 Å². The maximum Gasteiger partial charge on any atom is 0.224 e. The van der Waals surface area contributed by atoms with Gasteiger partial charge in [-0.25, -0.2) is 0 Å². The number of hydrogen-bond acceptors (Lipinski definition) is 6. The van der Waals surface area contributed by atoms with Crippen molar-refractivity contribution in [1.82, 2.24) is 0 Å². The van der Waals surface area contributed by atoms with Crippen LogP contribution in [-0.4, -0.2) is 24.4 Å². The van der Waals surface area contributed by atoms with Gasteiger partial charge in [0.25, 0.3) is 0 Å². The fourth-order valence-electron chi connectivity index (χ4n) is 2.78. The third-order valence-corrected chi connectivity index (χ3v) is 5.37. The van der Waals surface area contributed by atoms with Crippen molar-refractivity contribution in [3.63, 3.8) is 0 Å². The molecule has 3 aromatic rings. The number of amides is 1. The highest BCUT2D eigenvalue weighted by molar-refractivity contribution is 7.22. The fraction of sp³-hybridized carbons (Fsp3) is 0.150. The van der Waals surface area contributed by atoms with Crippen LogP contribution in [0.15, 0.2) is 42.5 Å². The molecule has 0 fully saturated rings. The molecule has 0 bridgehead atoms. The summed E-state index contributed by atoms with van der Waals surface area (Å²) in [4.78, 5) is 23.7. The standard InChI is InChI=1S/C20H20N4O2S/c21-10-13-7-15(24-19(26)6-5-14(22)11-25)9-16(20(13)23)18-8-12-3-1-2-4-17(12)27-18/h1-4,7-11,14,21H,5-6,22-23H2,(H,24,26)/t14-/m1/s1. The van der Waals surface area contributed by atoms with E-state index in [-0.39, 0.29) is 18.7 Å².